The Kier molecular flexibility index (Phi) is 3.18. The van der Waals surface area contributed by atoms with E-state index in [4.69, 9.17) is 5.73 Å². The van der Waals surface area contributed by atoms with Crippen molar-refractivity contribution >= 4 is 17.3 Å². The Morgan fingerprint density at radius 3 is 2.83 bits per heavy atom. The summed E-state index contributed by atoms with van der Waals surface area (Å²) in [6.07, 6.45) is 1.10. The van der Waals surface area contributed by atoms with Gasteiger partial charge in [0, 0.05) is 6.54 Å². The molecule has 0 radical (unpaired) electrons. The standard InChI is InChI=1S/C12H15N3O3/c1-7-5-8(7)6-14-12(16)9-3-2-4-10(13)11(9)15(17)18/h2-4,7-8H,5-6,13H2,1H3,(H,14,16). The van der Waals surface area contributed by atoms with Crippen molar-refractivity contribution in [2.24, 2.45) is 11.8 Å². The van der Waals surface area contributed by atoms with E-state index in [-0.39, 0.29) is 16.9 Å². The number of anilines is 1. The van der Waals surface area contributed by atoms with Crippen LogP contribution in [0.2, 0.25) is 0 Å². The fourth-order valence-electron chi connectivity index (χ4n) is 1.95. The number of amides is 1. The highest BCUT2D eigenvalue weighted by Gasteiger charge is 2.33. The average Bonchev–Trinajstić information content (AvgIpc) is 3.01. The molecule has 0 heterocycles. The minimum absolute atomic E-state index is 0.00689. The van der Waals surface area contributed by atoms with Crippen LogP contribution in [0.25, 0.3) is 0 Å². The Bertz CT molecular complexity index is 501. The molecule has 1 saturated carbocycles. The number of carbonyl (C=O) groups excluding carboxylic acids is 1. The fraction of sp³-hybridized carbons (Fsp3) is 0.417. The van der Waals surface area contributed by atoms with Crippen LogP contribution in [-0.4, -0.2) is 17.4 Å². The van der Waals surface area contributed by atoms with Gasteiger partial charge in [-0.05, 0) is 30.4 Å². The molecule has 0 aromatic heterocycles. The number of benzene rings is 1. The van der Waals surface area contributed by atoms with Crippen LogP contribution < -0.4 is 11.1 Å². The van der Waals surface area contributed by atoms with E-state index in [0.29, 0.717) is 18.4 Å². The molecule has 0 aliphatic heterocycles. The van der Waals surface area contributed by atoms with E-state index in [1.165, 1.54) is 18.2 Å². The monoisotopic (exact) mass is 249 g/mol. The van der Waals surface area contributed by atoms with Gasteiger partial charge in [0.05, 0.1) is 4.92 Å². The quantitative estimate of drug-likeness (QED) is 0.480. The first kappa shape index (κ1) is 12.3. The minimum Gasteiger partial charge on any atom is -0.393 e. The number of hydrogen-bond donors (Lipinski definition) is 2. The van der Waals surface area contributed by atoms with E-state index in [1.807, 2.05) is 0 Å². The van der Waals surface area contributed by atoms with Crippen LogP contribution >= 0.6 is 0 Å². The highest BCUT2D eigenvalue weighted by molar-refractivity contribution is 6.00. The first-order valence-corrected chi connectivity index (χ1v) is 5.81. The molecular weight excluding hydrogens is 234 g/mol. The molecule has 6 heteroatoms. The predicted molar refractivity (Wildman–Crippen MR) is 67.1 cm³/mol. The molecule has 2 atom stereocenters. The zero-order valence-electron chi connectivity index (χ0n) is 10.1. The molecule has 1 fully saturated rings. The Balaban J connectivity index is 2.14. The second kappa shape index (κ2) is 4.64. The van der Waals surface area contributed by atoms with Crippen LogP contribution in [0.5, 0.6) is 0 Å². The molecule has 0 bridgehead atoms. The summed E-state index contributed by atoms with van der Waals surface area (Å²) >= 11 is 0. The van der Waals surface area contributed by atoms with Crippen LogP contribution in [0, 0.1) is 22.0 Å². The number of nitrogen functional groups attached to an aromatic ring is 1. The van der Waals surface area contributed by atoms with Gasteiger partial charge in [-0.2, -0.15) is 0 Å². The Morgan fingerprint density at radius 1 is 1.61 bits per heavy atom. The topological polar surface area (TPSA) is 98.3 Å². The molecule has 0 saturated heterocycles. The van der Waals surface area contributed by atoms with E-state index in [1.54, 1.807) is 0 Å². The van der Waals surface area contributed by atoms with Gasteiger partial charge in [0.1, 0.15) is 11.3 Å². The van der Waals surface area contributed by atoms with Gasteiger partial charge >= 0.3 is 5.69 Å². The van der Waals surface area contributed by atoms with E-state index in [0.717, 1.165) is 6.42 Å². The van der Waals surface area contributed by atoms with Crippen molar-refractivity contribution in [3.05, 3.63) is 33.9 Å². The molecule has 1 aliphatic carbocycles. The number of nitrogens with one attached hydrogen (secondary N) is 1. The summed E-state index contributed by atoms with van der Waals surface area (Å²) in [5.41, 5.74) is 5.24. The van der Waals surface area contributed by atoms with Crippen LogP contribution in [0.4, 0.5) is 11.4 Å². The van der Waals surface area contributed by atoms with Gasteiger partial charge in [0.15, 0.2) is 0 Å². The van der Waals surface area contributed by atoms with Crippen LogP contribution in [0.1, 0.15) is 23.7 Å². The summed E-state index contributed by atoms with van der Waals surface area (Å²) in [4.78, 5) is 22.2. The lowest BCUT2D eigenvalue weighted by molar-refractivity contribution is -0.384. The molecule has 0 spiro atoms. The summed E-state index contributed by atoms with van der Waals surface area (Å²) in [7, 11) is 0. The highest BCUT2D eigenvalue weighted by atomic mass is 16.6. The van der Waals surface area contributed by atoms with Crippen LogP contribution in [0.15, 0.2) is 18.2 Å². The average molecular weight is 249 g/mol. The zero-order valence-corrected chi connectivity index (χ0v) is 10.1. The molecule has 18 heavy (non-hydrogen) atoms. The van der Waals surface area contributed by atoms with Gasteiger partial charge in [-0.25, -0.2) is 0 Å². The number of rotatable bonds is 4. The first-order chi connectivity index (χ1) is 8.50. The van der Waals surface area contributed by atoms with Crippen LogP contribution in [-0.2, 0) is 0 Å². The molecule has 1 aliphatic rings. The van der Waals surface area contributed by atoms with Crippen LogP contribution in [0.3, 0.4) is 0 Å². The van der Waals surface area contributed by atoms with E-state index < -0.39 is 10.8 Å². The third-order valence-corrected chi connectivity index (χ3v) is 3.30. The van der Waals surface area contributed by atoms with Crippen molar-refractivity contribution in [1.82, 2.24) is 5.32 Å². The van der Waals surface area contributed by atoms with Gasteiger partial charge in [-0.1, -0.05) is 13.0 Å². The Hall–Kier alpha value is -2.11. The first-order valence-electron chi connectivity index (χ1n) is 5.81. The lowest BCUT2D eigenvalue weighted by atomic mass is 10.1. The van der Waals surface area contributed by atoms with E-state index >= 15 is 0 Å². The number of nitrogens with zero attached hydrogens (tertiary/aromatic N) is 1. The number of nitrogens with two attached hydrogens (primary N) is 1. The summed E-state index contributed by atoms with van der Waals surface area (Å²) in [5.74, 6) is 0.684. The van der Waals surface area contributed by atoms with Gasteiger partial charge in [-0.15, -0.1) is 0 Å². The van der Waals surface area contributed by atoms with Gasteiger partial charge in [0.2, 0.25) is 0 Å². The van der Waals surface area contributed by atoms with Crippen molar-refractivity contribution < 1.29 is 9.72 Å². The molecule has 96 valence electrons. The number of nitro benzene ring substituents is 1. The van der Waals surface area contributed by atoms with E-state index in [2.05, 4.69) is 12.2 Å². The number of nitro groups is 1. The highest BCUT2D eigenvalue weighted by Crippen LogP contribution is 2.37. The number of hydrogen-bond acceptors (Lipinski definition) is 4. The SMILES string of the molecule is CC1CC1CNC(=O)c1cccc(N)c1[N+](=O)[O-]. The molecule has 6 nitrogen and oxygen atoms in total. The third-order valence-electron chi connectivity index (χ3n) is 3.30. The largest absolute Gasteiger partial charge is 0.393 e. The molecule has 2 unspecified atom stereocenters. The molecule has 1 amide bonds. The maximum Gasteiger partial charge on any atom is 0.304 e. The predicted octanol–water partition coefficient (Wildman–Crippen LogP) is 1.56. The van der Waals surface area contributed by atoms with Crippen molar-refractivity contribution in [2.75, 3.05) is 12.3 Å². The van der Waals surface area contributed by atoms with Crippen molar-refractivity contribution in [3.63, 3.8) is 0 Å². The molecular formula is C12H15N3O3. The second-order valence-electron chi connectivity index (χ2n) is 4.68. The molecule has 1 aromatic rings. The zero-order chi connectivity index (χ0) is 13.3. The van der Waals surface area contributed by atoms with E-state index in [9.17, 15) is 14.9 Å². The summed E-state index contributed by atoms with van der Waals surface area (Å²) in [6.45, 7) is 2.67. The maximum absolute atomic E-state index is 11.9. The third kappa shape index (κ3) is 2.42. The Morgan fingerprint density at radius 2 is 2.28 bits per heavy atom. The maximum atomic E-state index is 11.9. The van der Waals surface area contributed by atoms with Crippen molar-refractivity contribution in [2.45, 2.75) is 13.3 Å². The normalized spacial score (nSPS) is 21.4. The van der Waals surface area contributed by atoms with Gasteiger partial charge in [0.25, 0.3) is 5.91 Å². The molecule has 1 aromatic carbocycles. The smallest absolute Gasteiger partial charge is 0.304 e. The fourth-order valence-corrected chi connectivity index (χ4v) is 1.95. The summed E-state index contributed by atoms with van der Waals surface area (Å²) in [5, 5.41) is 13.6. The van der Waals surface area contributed by atoms with Crippen molar-refractivity contribution in [3.8, 4) is 0 Å². The van der Waals surface area contributed by atoms with Gasteiger partial charge in [-0.3, -0.25) is 14.9 Å². The molecule has 2 rings (SSSR count). The lowest BCUT2D eigenvalue weighted by Gasteiger charge is -2.06. The van der Waals surface area contributed by atoms with Crippen molar-refractivity contribution in [1.29, 1.82) is 0 Å². The van der Waals surface area contributed by atoms with Gasteiger partial charge < -0.3 is 11.1 Å². The number of carbonyl (C=O) groups is 1. The molecule has 3 N–H and O–H groups in total. The Labute approximate surface area is 104 Å². The second-order valence-corrected chi connectivity index (χ2v) is 4.68. The lowest BCUT2D eigenvalue weighted by Crippen LogP contribution is -2.26. The minimum atomic E-state index is -0.621. The number of para-hydroxylation sites is 1. The summed E-state index contributed by atoms with van der Waals surface area (Å²) in [6, 6.07) is 4.37. The summed E-state index contributed by atoms with van der Waals surface area (Å²) < 4.78 is 0.